The average Bonchev–Trinajstić information content (AvgIpc) is 2.08. The van der Waals surface area contributed by atoms with E-state index in [4.69, 9.17) is 0 Å². The van der Waals surface area contributed by atoms with Gasteiger partial charge in [-0.1, -0.05) is 20.3 Å². The molecule has 1 saturated heterocycles. The Morgan fingerprint density at radius 2 is 1.83 bits per heavy atom. The molecule has 0 atom stereocenters. The lowest BCUT2D eigenvalue weighted by Gasteiger charge is -2.39. The van der Waals surface area contributed by atoms with Crippen LogP contribution in [-0.4, -0.2) is 31.2 Å². The van der Waals surface area contributed by atoms with Gasteiger partial charge in [-0.15, -0.1) is 0 Å². The fourth-order valence-corrected chi connectivity index (χ4v) is 2.08. The molecule has 12 heavy (non-hydrogen) atoms. The minimum Gasteiger partial charge on any atom is -0.326 e. The Morgan fingerprint density at radius 3 is 2.33 bits per heavy atom. The minimum absolute atomic E-state index is 0.984. The third kappa shape index (κ3) is 2.78. The van der Waals surface area contributed by atoms with E-state index in [0.29, 0.717) is 0 Å². The normalized spacial score (nSPS) is 36.8. The molecule has 1 nitrogen and oxygen atoms in total. The van der Waals surface area contributed by atoms with Crippen molar-refractivity contribution in [2.75, 3.05) is 26.7 Å². The van der Waals surface area contributed by atoms with Crippen LogP contribution >= 0.6 is 0 Å². The monoisotopic (exact) mass is 170 g/mol. The van der Waals surface area contributed by atoms with Crippen molar-refractivity contribution < 1.29 is 4.48 Å². The molecule has 0 unspecified atom stereocenters. The predicted octanol–water partition coefficient (Wildman–Crippen LogP) is 2.66. The standard InChI is InChI=1S/C11H24N/c1-4-5-8-12(3)9-6-11(2)7-10-12/h11H,4-10H2,1-3H3/q+1. The van der Waals surface area contributed by atoms with Gasteiger partial charge >= 0.3 is 0 Å². The Bertz CT molecular complexity index is 117. The molecule has 0 aromatic rings. The van der Waals surface area contributed by atoms with Crippen molar-refractivity contribution in [3.8, 4) is 0 Å². The molecule has 1 fully saturated rings. The summed E-state index contributed by atoms with van der Waals surface area (Å²) in [6.07, 6.45) is 5.65. The zero-order chi connectivity index (χ0) is 9.03. The summed E-state index contributed by atoms with van der Waals surface area (Å²) < 4.78 is 1.35. The summed E-state index contributed by atoms with van der Waals surface area (Å²) in [5.74, 6) is 0.984. The maximum absolute atomic E-state index is 2.43. The van der Waals surface area contributed by atoms with Crippen LogP contribution in [0.15, 0.2) is 0 Å². The van der Waals surface area contributed by atoms with E-state index in [2.05, 4.69) is 20.9 Å². The second-order valence-electron chi connectivity index (χ2n) is 4.83. The van der Waals surface area contributed by atoms with E-state index in [1.165, 1.54) is 49.8 Å². The van der Waals surface area contributed by atoms with Gasteiger partial charge < -0.3 is 4.48 Å². The zero-order valence-corrected chi connectivity index (χ0v) is 8.97. The molecule has 1 heterocycles. The van der Waals surface area contributed by atoms with Gasteiger partial charge in [0, 0.05) is 0 Å². The van der Waals surface area contributed by atoms with E-state index in [1.807, 2.05) is 0 Å². The lowest BCUT2D eigenvalue weighted by Crippen LogP contribution is -2.49. The van der Waals surface area contributed by atoms with Crippen LogP contribution in [0.1, 0.15) is 39.5 Å². The molecular weight excluding hydrogens is 146 g/mol. The molecule has 0 saturated carbocycles. The van der Waals surface area contributed by atoms with Gasteiger partial charge in [-0.25, -0.2) is 0 Å². The van der Waals surface area contributed by atoms with E-state index < -0.39 is 0 Å². The first-order valence-corrected chi connectivity index (χ1v) is 5.50. The van der Waals surface area contributed by atoms with Crippen molar-refractivity contribution >= 4 is 0 Å². The van der Waals surface area contributed by atoms with Gasteiger partial charge in [0.15, 0.2) is 0 Å². The molecule has 0 radical (unpaired) electrons. The third-order valence-corrected chi connectivity index (χ3v) is 3.37. The Balaban J connectivity index is 2.29. The number of rotatable bonds is 3. The predicted molar refractivity (Wildman–Crippen MR) is 54.1 cm³/mol. The summed E-state index contributed by atoms with van der Waals surface area (Å²) in [5.41, 5.74) is 0. The molecule has 0 N–H and O–H groups in total. The van der Waals surface area contributed by atoms with Gasteiger partial charge in [0.2, 0.25) is 0 Å². The van der Waals surface area contributed by atoms with Gasteiger partial charge in [-0.3, -0.25) is 0 Å². The number of piperidine rings is 1. The van der Waals surface area contributed by atoms with Gasteiger partial charge in [-0.05, 0) is 25.2 Å². The highest BCUT2D eigenvalue weighted by Gasteiger charge is 2.26. The van der Waals surface area contributed by atoms with E-state index in [9.17, 15) is 0 Å². The number of hydrogen-bond donors (Lipinski definition) is 0. The molecule has 1 rings (SSSR count). The summed E-state index contributed by atoms with van der Waals surface area (Å²) in [4.78, 5) is 0. The topological polar surface area (TPSA) is 0 Å². The number of unbranched alkanes of at least 4 members (excludes halogenated alkanes) is 1. The zero-order valence-electron chi connectivity index (χ0n) is 8.97. The first-order valence-electron chi connectivity index (χ1n) is 5.50. The maximum Gasteiger partial charge on any atom is 0.0787 e. The van der Waals surface area contributed by atoms with Crippen LogP contribution in [0.2, 0.25) is 0 Å². The summed E-state index contributed by atoms with van der Waals surface area (Å²) in [7, 11) is 2.43. The second-order valence-corrected chi connectivity index (χ2v) is 4.83. The fraction of sp³-hybridized carbons (Fsp3) is 1.00. The largest absolute Gasteiger partial charge is 0.326 e. The van der Waals surface area contributed by atoms with Crippen molar-refractivity contribution in [3.05, 3.63) is 0 Å². The van der Waals surface area contributed by atoms with Crippen molar-refractivity contribution in [1.29, 1.82) is 0 Å². The molecule has 72 valence electrons. The molecular formula is C11H24N+. The Kier molecular flexibility index (Phi) is 3.57. The molecule has 0 bridgehead atoms. The Labute approximate surface area is 77.4 Å². The lowest BCUT2D eigenvalue weighted by molar-refractivity contribution is -0.915. The van der Waals surface area contributed by atoms with Crippen LogP contribution in [0.25, 0.3) is 0 Å². The van der Waals surface area contributed by atoms with E-state index in [1.54, 1.807) is 0 Å². The summed E-state index contributed by atoms with van der Waals surface area (Å²) in [6.45, 7) is 8.92. The van der Waals surface area contributed by atoms with Crippen molar-refractivity contribution in [3.63, 3.8) is 0 Å². The van der Waals surface area contributed by atoms with E-state index in [0.717, 1.165) is 5.92 Å². The number of hydrogen-bond acceptors (Lipinski definition) is 0. The highest BCUT2D eigenvalue weighted by molar-refractivity contribution is 4.59. The van der Waals surface area contributed by atoms with Gasteiger partial charge in [-0.2, -0.15) is 0 Å². The highest BCUT2D eigenvalue weighted by Crippen LogP contribution is 2.21. The highest BCUT2D eigenvalue weighted by atomic mass is 15.3. The maximum atomic E-state index is 2.43. The average molecular weight is 170 g/mol. The van der Waals surface area contributed by atoms with Crippen LogP contribution < -0.4 is 0 Å². The van der Waals surface area contributed by atoms with E-state index >= 15 is 0 Å². The van der Waals surface area contributed by atoms with Gasteiger partial charge in [0.1, 0.15) is 0 Å². The lowest BCUT2D eigenvalue weighted by atomic mass is 9.97. The summed E-state index contributed by atoms with van der Waals surface area (Å²) in [5, 5.41) is 0. The van der Waals surface area contributed by atoms with Crippen LogP contribution in [0, 0.1) is 5.92 Å². The van der Waals surface area contributed by atoms with Crippen molar-refractivity contribution in [2.45, 2.75) is 39.5 Å². The molecule has 0 amide bonds. The SMILES string of the molecule is CCCC[N+]1(C)CCC(C)CC1. The fourth-order valence-electron chi connectivity index (χ4n) is 2.08. The molecule has 0 aromatic carbocycles. The van der Waals surface area contributed by atoms with Gasteiger partial charge in [0.25, 0.3) is 0 Å². The Hall–Kier alpha value is -0.0400. The first kappa shape index (κ1) is 10.0. The summed E-state index contributed by atoms with van der Waals surface area (Å²) >= 11 is 0. The van der Waals surface area contributed by atoms with Crippen LogP contribution in [0.3, 0.4) is 0 Å². The number of nitrogens with zero attached hydrogens (tertiary/aromatic N) is 1. The summed E-state index contributed by atoms with van der Waals surface area (Å²) in [6, 6.07) is 0. The van der Waals surface area contributed by atoms with Gasteiger partial charge in [0.05, 0.1) is 26.7 Å². The molecule has 1 heteroatoms. The molecule has 0 spiro atoms. The number of quaternary nitrogens is 1. The van der Waals surface area contributed by atoms with Crippen LogP contribution in [0.4, 0.5) is 0 Å². The third-order valence-electron chi connectivity index (χ3n) is 3.37. The molecule has 0 aliphatic carbocycles. The first-order chi connectivity index (χ1) is 5.66. The Morgan fingerprint density at radius 1 is 1.25 bits per heavy atom. The smallest absolute Gasteiger partial charge is 0.0787 e. The van der Waals surface area contributed by atoms with Crippen LogP contribution in [0.5, 0.6) is 0 Å². The second kappa shape index (κ2) is 4.27. The molecule has 1 aliphatic heterocycles. The van der Waals surface area contributed by atoms with Crippen molar-refractivity contribution in [2.24, 2.45) is 5.92 Å². The molecule has 0 aromatic heterocycles. The van der Waals surface area contributed by atoms with Crippen molar-refractivity contribution in [1.82, 2.24) is 0 Å². The molecule has 1 aliphatic rings. The van der Waals surface area contributed by atoms with E-state index in [-0.39, 0.29) is 0 Å². The van der Waals surface area contributed by atoms with Crippen LogP contribution in [-0.2, 0) is 0 Å². The minimum atomic E-state index is 0.984. The quantitative estimate of drug-likeness (QED) is 0.571. The number of likely N-dealkylation sites (tertiary alicyclic amines) is 1.